The van der Waals surface area contributed by atoms with Crippen LogP contribution in [0.2, 0.25) is 0 Å². The first-order chi connectivity index (χ1) is 11.1. The van der Waals surface area contributed by atoms with E-state index in [4.69, 9.17) is 9.94 Å². The molecule has 5 heteroatoms. The second-order valence-corrected chi connectivity index (χ2v) is 5.67. The molecule has 0 saturated heterocycles. The Morgan fingerprint density at radius 1 is 1.22 bits per heavy atom. The molecule has 0 spiro atoms. The predicted molar refractivity (Wildman–Crippen MR) is 88.3 cm³/mol. The molecule has 0 unspecified atom stereocenters. The van der Waals surface area contributed by atoms with Crippen LogP contribution in [0, 0.1) is 0 Å². The Kier molecular flexibility index (Phi) is 4.02. The van der Waals surface area contributed by atoms with Gasteiger partial charge in [0, 0.05) is 5.56 Å². The van der Waals surface area contributed by atoms with Gasteiger partial charge in [0.05, 0.1) is 5.52 Å². The van der Waals surface area contributed by atoms with Crippen LogP contribution in [0.25, 0.3) is 22.4 Å². The number of rotatable bonds is 5. The average Bonchev–Trinajstić information content (AvgIpc) is 2.91. The number of nitrogens with zero attached hydrogens (tertiary/aromatic N) is 2. The summed E-state index contributed by atoms with van der Waals surface area (Å²) < 4.78 is 1.52. The van der Waals surface area contributed by atoms with Gasteiger partial charge in [-0.05, 0) is 23.6 Å². The van der Waals surface area contributed by atoms with Crippen molar-refractivity contribution in [1.29, 1.82) is 0 Å². The second-order valence-electron chi connectivity index (χ2n) is 5.67. The van der Waals surface area contributed by atoms with Crippen molar-refractivity contribution in [3.8, 4) is 11.4 Å². The van der Waals surface area contributed by atoms with E-state index in [-0.39, 0.29) is 0 Å². The van der Waals surface area contributed by atoms with E-state index in [1.54, 1.807) is 0 Å². The van der Waals surface area contributed by atoms with Crippen molar-refractivity contribution in [2.45, 2.75) is 19.8 Å². The highest BCUT2D eigenvalue weighted by molar-refractivity contribution is 5.81. The normalized spacial score (nSPS) is 11.1. The quantitative estimate of drug-likeness (QED) is 0.785. The summed E-state index contributed by atoms with van der Waals surface area (Å²) in [5, 5.41) is 8.93. The van der Waals surface area contributed by atoms with Gasteiger partial charge in [-0.15, -0.1) is 0 Å². The maximum atomic E-state index is 10.9. The molecule has 0 fully saturated rings. The topological polar surface area (TPSA) is 64.4 Å². The van der Waals surface area contributed by atoms with Gasteiger partial charge in [-0.25, -0.2) is 9.78 Å². The molecule has 0 aliphatic rings. The average molecular weight is 310 g/mol. The number of fused-ring (bicyclic) bond motifs is 1. The molecule has 2 aromatic carbocycles. The predicted octanol–water partition coefficient (Wildman–Crippen LogP) is 3.34. The zero-order chi connectivity index (χ0) is 16.4. The fourth-order valence-corrected chi connectivity index (χ4v) is 2.45. The second kappa shape index (κ2) is 6.12. The third kappa shape index (κ3) is 3.04. The summed E-state index contributed by atoms with van der Waals surface area (Å²) in [6.45, 7) is 3.80. The third-order valence-electron chi connectivity index (χ3n) is 3.65. The van der Waals surface area contributed by atoms with Crippen LogP contribution in [0.1, 0.15) is 25.3 Å². The summed E-state index contributed by atoms with van der Waals surface area (Å²) in [4.78, 5) is 21.0. The van der Waals surface area contributed by atoms with Crippen molar-refractivity contribution < 1.29 is 14.7 Å². The van der Waals surface area contributed by atoms with E-state index < -0.39 is 12.6 Å². The molecule has 3 rings (SSSR count). The molecule has 0 aliphatic heterocycles. The van der Waals surface area contributed by atoms with Crippen LogP contribution in [0.15, 0.2) is 48.5 Å². The Labute approximate surface area is 134 Å². The third-order valence-corrected chi connectivity index (χ3v) is 3.65. The highest BCUT2D eigenvalue weighted by atomic mass is 16.7. The number of imidazole rings is 1. The van der Waals surface area contributed by atoms with E-state index in [2.05, 4.69) is 18.8 Å². The summed E-state index contributed by atoms with van der Waals surface area (Å²) >= 11 is 0. The molecular formula is C18H18N2O3. The molecule has 23 heavy (non-hydrogen) atoms. The molecule has 1 N–H and O–H groups in total. The molecule has 0 atom stereocenters. The summed E-state index contributed by atoms with van der Waals surface area (Å²) in [6, 6.07) is 15.6. The van der Waals surface area contributed by atoms with Crippen molar-refractivity contribution in [2.75, 3.05) is 6.61 Å². The van der Waals surface area contributed by atoms with Gasteiger partial charge in [-0.2, -0.15) is 4.73 Å². The molecule has 1 heterocycles. The van der Waals surface area contributed by atoms with Crippen molar-refractivity contribution >= 4 is 17.0 Å². The molecular weight excluding hydrogens is 292 g/mol. The van der Waals surface area contributed by atoms with Gasteiger partial charge in [0.15, 0.2) is 5.82 Å². The lowest BCUT2D eigenvalue weighted by molar-refractivity contribution is -0.142. The van der Waals surface area contributed by atoms with Crippen LogP contribution in [0.3, 0.4) is 0 Å². The first kappa shape index (κ1) is 15.1. The Bertz CT molecular complexity index is 838. The van der Waals surface area contributed by atoms with E-state index in [9.17, 15) is 4.79 Å². The van der Waals surface area contributed by atoms with Crippen LogP contribution >= 0.6 is 0 Å². The molecule has 0 amide bonds. The van der Waals surface area contributed by atoms with Gasteiger partial charge >= 0.3 is 5.97 Å². The summed E-state index contributed by atoms with van der Waals surface area (Å²) in [5.74, 6) is -0.0592. The van der Waals surface area contributed by atoms with Crippen LogP contribution in [-0.4, -0.2) is 27.4 Å². The van der Waals surface area contributed by atoms with Crippen molar-refractivity contribution in [2.24, 2.45) is 0 Å². The molecule has 1 aromatic heterocycles. The molecule has 0 bridgehead atoms. The van der Waals surface area contributed by atoms with Crippen LogP contribution in [0.4, 0.5) is 0 Å². The SMILES string of the molecule is CC(C)c1ccc2nc(-c3ccccc3)n(OCC(=O)O)c2c1. The maximum Gasteiger partial charge on any atom is 0.344 e. The van der Waals surface area contributed by atoms with Crippen molar-refractivity contribution in [3.63, 3.8) is 0 Å². The van der Waals surface area contributed by atoms with E-state index in [1.807, 2.05) is 48.5 Å². The molecule has 118 valence electrons. The van der Waals surface area contributed by atoms with Crippen LogP contribution in [0.5, 0.6) is 0 Å². The molecule has 5 nitrogen and oxygen atoms in total. The number of hydrogen-bond acceptors (Lipinski definition) is 3. The highest BCUT2D eigenvalue weighted by Gasteiger charge is 2.15. The maximum absolute atomic E-state index is 10.9. The van der Waals surface area contributed by atoms with Gasteiger partial charge in [-0.1, -0.05) is 50.2 Å². The molecule has 0 radical (unpaired) electrons. The summed E-state index contributed by atoms with van der Waals surface area (Å²) in [7, 11) is 0. The van der Waals surface area contributed by atoms with E-state index in [1.165, 1.54) is 4.73 Å². The Morgan fingerprint density at radius 3 is 2.61 bits per heavy atom. The fourth-order valence-electron chi connectivity index (χ4n) is 2.45. The number of aromatic nitrogens is 2. The number of hydrogen-bond donors (Lipinski definition) is 1. The monoisotopic (exact) mass is 310 g/mol. The van der Waals surface area contributed by atoms with Gasteiger partial charge in [-0.3, -0.25) is 0 Å². The van der Waals surface area contributed by atoms with E-state index in [0.29, 0.717) is 11.7 Å². The number of benzene rings is 2. The van der Waals surface area contributed by atoms with Crippen molar-refractivity contribution in [3.05, 3.63) is 54.1 Å². The minimum absolute atomic E-state index is 0.363. The van der Waals surface area contributed by atoms with Gasteiger partial charge in [0.25, 0.3) is 0 Å². The Hall–Kier alpha value is -2.82. The first-order valence-corrected chi connectivity index (χ1v) is 7.49. The standard InChI is InChI=1S/C18H18N2O3/c1-12(2)14-8-9-15-16(10-14)20(23-11-17(21)22)18(19-15)13-6-4-3-5-7-13/h3-10,12H,11H2,1-2H3,(H,21,22). The summed E-state index contributed by atoms with van der Waals surface area (Å²) in [6.07, 6.45) is 0. The zero-order valence-electron chi connectivity index (χ0n) is 13.1. The molecule has 3 aromatic rings. The lowest BCUT2D eigenvalue weighted by atomic mass is 10.0. The largest absolute Gasteiger partial charge is 0.479 e. The Balaban J connectivity index is 2.18. The molecule has 0 saturated carbocycles. The first-order valence-electron chi connectivity index (χ1n) is 7.49. The van der Waals surface area contributed by atoms with Gasteiger partial charge in [0.2, 0.25) is 6.61 Å². The van der Waals surface area contributed by atoms with Crippen LogP contribution in [-0.2, 0) is 4.79 Å². The highest BCUT2D eigenvalue weighted by Crippen LogP contribution is 2.26. The number of aliphatic carboxylic acids is 1. The lowest BCUT2D eigenvalue weighted by Gasteiger charge is -2.10. The minimum Gasteiger partial charge on any atom is -0.479 e. The van der Waals surface area contributed by atoms with E-state index >= 15 is 0 Å². The smallest absolute Gasteiger partial charge is 0.344 e. The summed E-state index contributed by atoms with van der Waals surface area (Å²) in [5.41, 5.74) is 3.58. The number of carboxylic acids is 1. The van der Waals surface area contributed by atoms with Crippen molar-refractivity contribution in [1.82, 2.24) is 9.71 Å². The zero-order valence-corrected chi connectivity index (χ0v) is 13.1. The van der Waals surface area contributed by atoms with Gasteiger partial charge < -0.3 is 9.94 Å². The van der Waals surface area contributed by atoms with E-state index in [0.717, 1.165) is 22.2 Å². The number of carboxylic acid groups (broad SMARTS) is 1. The Morgan fingerprint density at radius 2 is 1.96 bits per heavy atom. The number of carbonyl (C=O) groups is 1. The molecule has 0 aliphatic carbocycles. The minimum atomic E-state index is -1.02. The fraction of sp³-hybridized carbons (Fsp3) is 0.222. The van der Waals surface area contributed by atoms with Crippen LogP contribution < -0.4 is 4.84 Å². The van der Waals surface area contributed by atoms with Gasteiger partial charge in [0.1, 0.15) is 5.52 Å². The lowest BCUT2D eigenvalue weighted by Crippen LogP contribution is -2.20.